The third kappa shape index (κ3) is 4.86. The summed E-state index contributed by atoms with van der Waals surface area (Å²) in [7, 11) is 0. The van der Waals surface area contributed by atoms with E-state index in [0.29, 0.717) is 33.9 Å². The van der Waals surface area contributed by atoms with E-state index < -0.39 is 12.1 Å². The maximum atomic E-state index is 13.0. The number of urea groups is 1. The smallest absolute Gasteiger partial charge is 0.324 e. The summed E-state index contributed by atoms with van der Waals surface area (Å²) in [6.07, 6.45) is 5.42. The van der Waals surface area contributed by atoms with Gasteiger partial charge in [-0.1, -0.05) is 35.7 Å². The maximum Gasteiger partial charge on any atom is 0.324 e. The van der Waals surface area contributed by atoms with Crippen LogP contribution in [0.25, 0.3) is 16.6 Å². The van der Waals surface area contributed by atoms with Crippen LogP contribution in [0.3, 0.4) is 0 Å². The van der Waals surface area contributed by atoms with Gasteiger partial charge in [0.15, 0.2) is 5.65 Å². The summed E-state index contributed by atoms with van der Waals surface area (Å²) in [5, 5.41) is 11.2. The minimum Gasteiger partial charge on any atom is -0.360 e. The van der Waals surface area contributed by atoms with Crippen LogP contribution >= 0.6 is 11.6 Å². The van der Waals surface area contributed by atoms with Crippen molar-refractivity contribution < 1.29 is 14.4 Å². The Morgan fingerprint density at radius 3 is 2.88 bits per heavy atom. The molecule has 10 nitrogen and oxygen atoms in total. The first-order valence-corrected chi connectivity index (χ1v) is 12.9. The Balaban J connectivity index is 1.06. The predicted octanol–water partition coefficient (Wildman–Crippen LogP) is 3.16. The summed E-state index contributed by atoms with van der Waals surface area (Å²) >= 11 is 6.23. The largest absolute Gasteiger partial charge is 0.360 e. The number of nitrogens with zero attached hydrogens (tertiary/aromatic N) is 4. The number of hydrogen-bond acceptors (Lipinski definition) is 5. The molecule has 40 heavy (non-hydrogen) atoms. The molecule has 198 valence electrons. The van der Waals surface area contributed by atoms with E-state index in [1.807, 2.05) is 18.2 Å². The van der Waals surface area contributed by atoms with E-state index in [1.54, 1.807) is 59.5 Å². The van der Waals surface area contributed by atoms with Gasteiger partial charge in [-0.2, -0.15) is 5.10 Å². The number of rotatable bonds is 6. The van der Waals surface area contributed by atoms with Crippen LogP contribution < -0.4 is 10.6 Å². The van der Waals surface area contributed by atoms with E-state index >= 15 is 0 Å². The average molecular weight is 552 g/mol. The Kier molecular flexibility index (Phi) is 6.64. The van der Waals surface area contributed by atoms with E-state index in [4.69, 9.17) is 11.6 Å². The molecule has 1 unspecified atom stereocenters. The SMILES string of the molecule is O=C(NCCN1C(=O)NC(Cc2c[nH]c3c(Cl)cccc23)C1=O)c1cccc(C#Cc2cnc3cccnn23)c1. The van der Waals surface area contributed by atoms with Crippen LogP contribution in [0.5, 0.6) is 0 Å². The normalized spacial score (nSPS) is 14.8. The second kappa shape index (κ2) is 10.6. The van der Waals surface area contributed by atoms with Crippen molar-refractivity contribution in [1.29, 1.82) is 0 Å². The Bertz CT molecular complexity index is 1850. The number of halogens is 1. The zero-order valence-corrected chi connectivity index (χ0v) is 21.8. The molecule has 3 N–H and O–H groups in total. The molecule has 1 atom stereocenters. The second-order valence-corrected chi connectivity index (χ2v) is 9.60. The van der Waals surface area contributed by atoms with Gasteiger partial charge in [0, 0.05) is 48.4 Å². The number of H-pyrrole nitrogens is 1. The Morgan fingerprint density at radius 1 is 1.10 bits per heavy atom. The highest BCUT2D eigenvalue weighted by Gasteiger charge is 2.38. The lowest BCUT2D eigenvalue weighted by atomic mass is 10.1. The standard InChI is InChI=1S/C29H22ClN7O3/c30-23-7-2-6-22-20(16-33-26(22)23)15-24-28(39)36(29(40)35-24)13-12-31-27(38)19-5-1-4-18(14-19)9-10-21-17-32-25-8-3-11-34-37(21)25/h1-8,11,14,16-17,24,33H,12-13,15H2,(H,31,38)(H,35,40). The van der Waals surface area contributed by atoms with Crippen LogP contribution in [0, 0.1) is 11.8 Å². The summed E-state index contributed by atoms with van der Waals surface area (Å²) in [5.41, 5.74) is 4.06. The number of para-hydroxylation sites is 1. The highest BCUT2D eigenvalue weighted by atomic mass is 35.5. The molecule has 11 heteroatoms. The molecular weight excluding hydrogens is 530 g/mol. The van der Waals surface area contributed by atoms with Gasteiger partial charge in [-0.25, -0.2) is 14.3 Å². The number of hydrogen-bond donors (Lipinski definition) is 3. The van der Waals surface area contributed by atoms with Crippen LogP contribution in [0.2, 0.25) is 5.02 Å². The van der Waals surface area contributed by atoms with Gasteiger partial charge in [0.25, 0.3) is 11.8 Å². The third-order valence-corrected chi connectivity index (χ3v) is 6.95. The molecule has 4 amide bonds. The lowest BCUT2D eigenvalue weighted by Crippen LogP contribution is -2.39. The Hall–Kier alpha value is -5.14. The number of nitrogens with one attached hydrogen (secondary N) is 3. The van der Waals surface area contributed by atoms with Crippen molar-refractivity contribution in [3.63, 3.8) is 0 Å². The topological polar surface area (TPSA) is 124 Å². The number of imide groups is 1. The van der Waals surface area contributed by atoms with Crippen LogP contribution in [-0.2, 0) is 11.2 Å². The molecule has 1 aliphatic heterocycles. The number of carbonyl (C=O) groups is 3. The minimum absolute atomic E-state index is 0.0490. The molecule has 0 aliphatic carbocycles. The minimum atomic E-state index is -0.695. The fourth-order valence-electron chi connectivity index (χ4n) is 4.66. The summed E-state index contributed by atoms with van der Waals surface area (Å²) in [4.78, 5) is 46.7. The zero-order valence-electron chi connectivity index (χ0n) is 21.0. The van der Waals surface area contributed by atoms with E-state index in [1.165, 1.54) is 0 Å². The molecule has 1 aliphatic rings. The van der Waals surface area contributed by atoms with Crippen molar-refractivity contribution in [2.45, 2.75) is 12.5 Å². The van der Waals surface area contributed by atoms with Gasteiger partial charge in [0.1, 0.15) is 11.7 Å². The fraction of sp³-hybridized carbons (Fsp3) is 0.138. The third-order valence-electron chi connectivity index (χ3n) is 6.64. The van der Waals surface area contributed by atoms with Gasteiger partial charge in [-0.05, 0) is 47.9 Å². The van der Waals surface area contributed by atoms with E-state index in [-0.39, 0.29) is 24.9 Å². The lowest BCUT2D eigenvalue weighted by Gasteiger charge is -2.13. The van der Waals surface area contributed by atoms with E-state index in [9.17, 15) is 14.4 Å². The molecule has 0 radical (unpaired) electrons. The number of imidazole rings is 1. The number of fused-ring (bicyclic) bond motifs is 2. The molecule has 0 spiro atoms. The quantitative estimate of drug-likeness (QED) is 0.221. The van der Waals surface area contributed by atoms with Gasteiger partial charge in [-0.3, -0.25) is 14.5 Å². The average Bonchev–Trinajstić information content (AvgIpc) is 3.65. The van der Waals surface area contributed by atoms with Crippen molar-refractivity contribution >= 4 is 46.0 Å². The molecule has 3 aromatic heterocycles. The first kappa shape index (κ1) is 25.2. The van der Waals surface area contributed by atoms with Crippen LogP contribution in [0.4, 0.5) is 4.79 Å². The first-order chi connectivity index (χ1) is 19.5. The van der Waals surface area contributed by atoms with Gasteiger partial charge < -0.3 is 15.6 Å². The van der Waals surface area contributed by atoms with Crippen molar-refractivity contribution in [3.8, 4) is 11.8 Å². The molecular formula is C29H22ClN7O3. The fourth-order valence-corrected chi connectivity index (χ4v) is 4.89. The van der Waals surface area contributed by atoms with Crippen LogP contribution in [-0.4, -0.2) is 61.5 Å². The molecule has 4 heterocycles. The van der Waals surface area contributed by atoms with Crippen molar-refractivity contribution in [3.05, 3.63) is 101 Å². The number of aromatic nitrogens is 4. The van der Waals surface area contributed by atoms with Gasteiger partial charge in [-0.15, -0.1) is 0 Å². The molecule has 0 saturated carbocycles. The van der Waals surface area contributed by atoms with Gasteiger partial charge in [0.05, 0.1) is 16.7 Å². The molecule has 0 bridgehead atoms. The van der Waals surface area contributed by atoms with E-state index in [0.717, 1.165) is 21.4 Å². The summed E-state index contributed by atoms with van der Waals surface area (Å²) < 4.78 is 1.64. The first-order valence-electron chi connectivity index (χ1n) is 12.5. The lowest BCUT2D eigenvalue weighted by molar-refractivity contribution is -0.127. The second-order valence-electron chi connectivity index (χ2n) is 9.20. The molecule has 2 aromatic carbocycles. The molecule has 6 rings (SSSR count). The van der Waals surface area contributed by atoms with Crippen molar-refractivity contribution in [1.82, 2.24) is 35.1 Å². The zero-order chi connectivity index (χ0) is 27.6. The van der Waals surface area contributed by atoms with Crippen LogP contribution in [0.15, 0.2) is 73.2 Å². The van der Waals surface area contributed by atoms with E-state index in [2.05, 4.69) is 37.5 Å². The summed E-state index contributed by atoms with van der Waals surface area (Å²) in [5.74, 6) is 5.40. The number of benzene rings is 2. The van der Waals surface area contributed by atoms with Crippen molar-refractivity contribution in [2.75, 3.05) is 13.1 Å². The van der Waals surface area contributed by atoms with Gasteiger partial charge >= 0.3 is 6.03 Å². The Morgan fingerprint density at radius 2 is 1.98 bits per heavy atom. The monoisotopic (exact) mass is 551 g/mol. The Labute approximate surface area is 233 Å². The number of amides is 4. The predicted molar refractivity (Wildman–Crippen MR) is 149 cm³/mol. The van der Waals surface area contributed by atoms with Gasteiger partial charge in [0.2, 0.25) is 0 Å². The van der Waals surface area contributed by atoms with Crippen LogP contribution in [0.1, 0.15) is 27.2 Å². The number of aromatic amines is 1. The highest BCUT2D eigenvalue weighted by Crippen LogP contribution is 2.26. The highest BCUT2D eigenvalue weighted by molar-refractivity contribution is 6.35. The maximum absolute atomic E-state index is 13.0. The van der Waals surface area contributed by atoms with Crippen molar-refractivity contribution in [2.24, 2.45) is 0 Å². The molecule has 5 aromatic rings. The summed E-state index contributed by atoms with van der Waals surface area (Å²) in [6, 6.07) is 14.9. The summed E-state index contributed by atoms with van der Waals surface area (Å²) in [6.45, 7) is 0.157. The molecule has 1 fully saturated rings. The molecule has 1 saturated heterocycles. The number of carbonyl (C=O) groups excluding carboxylic acids is 3.